The van der Waals surface area contributed by atoms with Crippen molar-refractivity contribution in [2.75, 3.05) is 21.7 Å². The van der Waals surface area contributed by atoms with Crippen molar-refractivity contribution in [3.63, 3.8) is 0 Å². The summed E-state index contributed by atoms with van der Waals surface area (Å²) < 4.78 is 0. The first-order chi connectivity index (χ1) is 19.5. The number of nitrogens with one attached hydrogen (secondary N) is 3. The second-order valence-corrected chi connectivity index (χ2v) is 9.95. The van der Waals surface area contributed by atoms with Gasteiger partial charge in [-0.05, 0) is 71.1 Å². The van der Waals surface area contributed by atoms with Crippen molar-refractivity contribution < 1.29 is 14.4 Å². The highest BCUT2D eigenvalue weighted by atomic mass is 32.1. The summed E-state index contributed by atoms with van der Waals surface area (Å²) in [5, 5.41) is 10.5. The fourth-order valence-electron chi connectivity index (χ4n) is 4.18. The second kappa shape index (κ2) is 12.1. The minimum atomic E-state index is -1.16. The van der Waals surface area contributed by atoms with Crippen molar-refractivity contribution in [1.82, 2.24) is 0 Å². The molecule has 5 N–H and O–H groups in total. The zero-order valence-corrected chi connectivity index (χ0v) is 22.2. The van der Waals surface area contributed by atoms with Gasteiger partial charge in [-0.2, -0.15) is 0 Å². The molecule has 0 aliphatic heterocycles. The van der Waals surface area contributed by atoms with Crippen molar-refractivity contribution in [2.24, 2.45) is 0 Å². The summed E-state index contributed by atoms with van der Waals surface area (Å²) in [5.74, 6) is -2.50. The molecule has 7 nitrogen and oxygen atoms in total. The standard InChI is InChI=1S/C32H26N4O3S/c33-26-18-17-23(28-12-7-19-40-28)20-27(26)36-30(37)22-15-13-21(14-16-22)29(31(38)34-24-8-3-1-4-9-24)32(39)35-25-10-5-2-6-11-25/h1-20,29H,33H2,(H,34,38)(H,35,39)(H,36,37). The summed E-state index contributed by atoms with van der Waals surface area (Å²) in [7, 11) is 0. The lowest BCUT2D eigenvalue weighted by Crippen LogP contribution is -2.32. The molecule has 1 aromatic heterocycles. The zero-order valence-electron chi connectivity index (χ0n) is 21.3. The summed E-state index contributed by atoms with van der Waals surface area (Å²) in [6, 6.07) is 33.7. The van der Waals surface area contributed by atoms with E-state index in [0.717, 1.165) is 10.4 Å². The maximum absolute atomic E-state index is 13.3. The van der Waals surface area contributed by atoms with Gasteiger partial charge in [-0.15, -0.1) is 11.3 Å². The number of hydrogen-bond donors (Lipinski definition) is 4. The Morgan fingerprint density at radius 1 is 0.650 bits per heavy atom. The molecule has 1 heterocycles. The third-order valence-electron chi connectivity index (χ3n) is 6.22. The minimum absolute atomic E-state index is 0.357. The average molecular weight is 547 g/mol. The molecule has 0 unspecified atom stereocenters. The number of hydrogen-bond acceptors (Lipinski definition) is 5. The van der Waals surface area contributed by atoms with Crippen LogP contribution in [0.15, 0.2) is 121 Å². The summed E-state index contributed by atoms with van der Waals surface area (Å²) >= 11 is 1.60. The van der Waals surface area contributed by atoms with Crippen LogP contribution in [0.4, 0.5) is 22.7 Å². The monoisotopic (exact) mass is 546 g/mol. The van der Waals surface area contributed by atoms with E-state index >= 15 is 0 Å². The average Bonchev–Trinajstić information content (AvgIpc) is 3.51. The first kappa shape index (κ1) is 26.4. The van der Waals surface area contributed by atoms with E-state index in [9.17, 15) is 14.4 Å². The zero-order chi connectivity index (χ0) is 27.9. The van der Waals surface area contributed by atoms with Gasteiger partial charge in [-0.1, -0.05) is 60.7 Å². The highest BCUT2D eigenvalue weighted by Gasteiger charge is 2.29. The second-order valence-electron chi connectivity index (χ2n) is 9.00. The maximum Gasteiger partial charge on any atom is 0.255 e. The molecule has 198 valence electrons. The van der Waals surface area contributed by atoms with Crippen LogP contribution in [0, 0.1) is 0 Å². The van der Waals surface area contributed by atoms with E-state index in [0.29, 0.717) is 33.9 Å². The first-order valence-corrected chi connectivity index (χ1v) is 13.4. The molecule has 0 saturated heterocycles. The molecule has 5 aromatic rings. The lowest BCUT2D eigenvalue weighted by molar-refractivity contribution is -0.125. The quantitative estimate of drug-likeness (QED) is 0.130. The molecule has 4 aromatic carbocycles. The fraction of sp³-hybridized carbons (Fsp3) is 0.0312. The SMILES string of the molecule is Nc1ccc(-c2cccs2)cc1NC(=O)c1ccc(C(C(=O)Nc2ccccc2)C(=O)Nc2ccccc2)cc1. The molecule has 0 bridgehead atoms. The smallest absolute Gasteiger partial charge is 0.255 e. The third kappa shape index (κ3) is 6.25. The maximum atomic E-state index is 13.3. The highest BCUT2D eigenvalue weighted by Crippen LogP contribution is 2.30. The van der Waals surface area contributed by atoms with Gasteiger partial charge >= 0.3 is 0 Å². The summed E-state index contributed by atoms with van der Waals surface area (Å²) in [6.45, 7) is 0. The molecule has 0 fully saturated rings. The van der Waals surface area contributed by atoms with Gasteiger partial charge in [0, 0.05) is 21.8 Å². The lowest BCUT2D eigenvalue weighted by Gasteiger charge is -2.18. The minimum Gasteiger partial charge on any atom is -0.397 e. The molecule has 0 saturated carbocycles. The van der Waals surface area contributed by atoms with Gasteiger partial charge in [-0.25, -0.2) is 0 Å². The topological polar surface area (TPSA) is 113 Å². The number of nitrogens with two attached hydrogens (primary N) is 1. The van der Waals surface area contributed by atoms with Crippen LogP contribution in [0.1, 0.15) is 21.8 Å². The predicted molar refractivity (Wildman–Crippen MR) is 161 cm³/mol. The molecule has 5 rings (SSSR count). The number of para-hydroxylation sites is 2. The van der Waals surface area contributed by atoms with Crippen LogP contribution in [0.3, 0.4) is 0 Å². The molecule has 0 aliphatic rings. The normalized spacial score (nSPS) is 10.6. The number of rotatable bonds is 8. The number of thiophene rings is 1. The Kier molecular flexibility index (Phi) is 7.99. The Balaban J connectivity index is 1.37. The van der Waals surface area contributed by atoms with Crippen molar-refractivity contribution in [3.8, 4) is 10.4 Å². The summed E-state index contributed by atoms with van der Waals surface area (Å²) in [5.41, 5.74) is 9.97. The van der Waals surface area contributed by atoms with Gasteiger partial charge in [-0.3, -0.25) is 14.4 Å². The van der Waals surface area contributed by atoms with E-state index in [-0.39, 0.29) is 5.91 Å². The fourth-order valence-corrected chi connectivity index (χ4v) is 4.90. The molecule has 0 aliphatic carbocycles. The highest BCUT2D eigenvalue weighted by molar-refractivity contribution is 7.13. The molecule has 0 atom stereocenters. The van der Waals surface area contributed by atoms with Crippen molar-refractivity contribution >= 4 is 51.8 Å². The van der Waals surface area contributed by atoms with Gasteiger partial charge in [0.1, 0.15) is 5.92 Å². The van der Waals surface area contributed by atoms with Crippen LogP contribution in [0.5, 0.6) is 0 Å². The Morgan fingerprint density at radius 3 is 1.80 bits per heavy atom. The Bertz CT molecular complexity index is 1570. The van der Waals surface area contributed by atoms with Gasteiger partial charge in [0.05, 0.1) is 11.4 Å². The number of carbonyl (C=O) groups excluding carboxylic acids is 3. The Morgan fingerprint density at radius 2 is 1.25 bits per heavy atom. The molecule has 0 radical (unpaired) electrons. The van der Waals surface area contributed by atoms with Crippen molar-refractivity contribution in [2.45, 2.75) is 5.92 Å². The van der Waals surface area contributed by atoms with Crippen LogP contribution < -0.4 is 21.7 Å². The Labute approximate surface area is 235 Å². The van der Waals surface area contributed by atoms with Crippen molar-refractivity contribution in [1.29, 1.82) is 0 Å². The van der Waals surface area contributed by atoms with Crippen molar-refractivity contribution in [3.05, 3.63) is 132 Å². The molecule has 3 amide bonds. The number of nitrogen functional groups attached to an aromatic ring is 1. The van der Waals surface area contributed by atoms with Crippen LogP contribution in [-0.4, -0.2) is 17.7 Å². The number of carbonyl (C=O) groups is 3. The molecule has 0 spiro atoms. The van der Waals surface area contributed by atoms with E-state index in [1.165, 1.54) is 0 Å². The molecule has 8 heteroatoms. The van der Waals surface area contributed by atoms with E-state index in [1.807, 2.05) is 41.8 Å². The summed E-state index contributed by atoms with van der Waals surface area (Å²) in [4.78, 5) is 40.8. The van der Waals surface area contributed by atoms with E-state index < -0.39 is 17.7 Å². The van der Waals surface area contributed by atoms with Gasteiger partial charge in [0.2, 0.25) is 11.8 Å². The number of benzene rings is 4. The number of anilines is 4. The third-order valence-corrected chi connectivity index (χ3v) is 7.14. The van der Waals surface area contributed by atoms with Gasteiger partial charge < -0.3 is 21.7 Å². The molecule has 40 heavy (non-hydrogen) atoms. The summed E-state index contributed by atoms with van der Waals surface area (Å²) in [6.07, 6.45) is 0. The van der Waals surface area contributed by atoms with E-state index in [2.05, 4.69) is 16.0 Å². The van der Waals surface area contributed by atoms with Gasteiger partial charge in [0.25, 0.3) is 5.91 Å². The van der Waals surface area contributed by atoms with Crippen LogP contribution in [0.2, 0.25) is 0 Å². The molecular formula is C32H26N4O3S. The largest absolute Gasteiger partial charge is 0.397 e. The number of amides is 3. The van der Waals surface area contributed by atoms with Crippen LogP contribution in [-0.2, 0) is 9.59 Å². The van der Waals surface area contributed by atoms with Gasteiger partial charge in [0.15, 0.2) is 0 Å². The van der Waals surface area contributed by atoms with Crippen LogP contribution in [0.25, 0.3) is 10.4 Å². The first-order valence-electron chi connectivity index (χ1n) is 12.5. The lowest BCUT2D eigenvalue weighted by atomic mass is 9.95. The predicted octanol–water partition coefficient (Wildman–Crippen LogP) is 6.61. The van der Waals surface area contributed by atoms with Crippen LogP contribution >= 0.6 is 11.3 Å². The molecular weight excluding hydrogens is 520 g/mol. The van der Waals surface area contributed by atoms with E-state index in [1.54, 1.807) is 90.2 Å². The Hall–Kier alpha value is -5.21. The van der Waals surface area contributed by atoms with E-state index in [4.69, 9.17) is 5.73 Å².